The van der Waals surface area contributed by atoms with Crippen LogP contribution in [0, 0.1) is 0 Å². The normalized spacial score (nSPS) is 13.8. The number of amides is 3. The molecule has 108 valence electrons. The second-order valence-corrected chi connectivity index (χ2v) is 4.48. The molecule has 19 heavy (non-hydrogen) atoms. The summed E-state index contributed by atoms with van der Waals surface area (Å²) in [6.07, 6.45) is 1.65. The van der Waals surface area contributed by atoms with Crippen LogP contribution >= 0.6 is 0 Å². The Kier molecular flexibility index (Phi) is 5.59. The fourth-order valence-corrected chi connectivity index (χ4v) is 1.84. The minimum atomic E-state index is -1.04. The Hall–Kier alpha value is -1.79. The molecule has 0 spiro atoms. The molecule has 1 aliphatic rings. The number of likely N-dealkylation sites (N-methyl/N-ethyl adjacent to an activating group) is 1. The fourth-order valence-electron chi connectivity index (χ4n) is 1.84. The van der Waals surface area contributed by atoms with Crippen LogP contribution < -0.4 is 5.32 Å². The number of carboxylic acid groups (broad SMARTS) is 1. The molecule has 1 rings (SSSR count). The lowest BCUT2D eigenvalue weighted by atomic mass is 10.4. The molecule has 7 nitrogen and oxygen atoms in total. The summed E-state index contributed by atoms with van der Waals surface area (Å²) < 4.78 is 0. The summed E-state index contributed by atoms with van der Waals surface area (Å²) >= 11 is 0. The average molecular weight is 271 g/mol. The summed E-state index contributed by atoms with van der Waals surface area (Å²) in [5.74, 6) is -1.21. The molecule has 3 amide bonds. The summed E-state index contributed by atoms with van der Waals surface area (Å²) in [6.45, 7) is 4.49. The number of carbonyl (C=O) groups is 3. The molecule has 0 unspecified atom stereocenters. The second kappa shape index (κ2) is 6.96. The van der Waals surface area contributed by atoms with Crippen molar-refractivity contribution in [1.29, 1.82) is 0 Å². The number of hydrogen-bond donors (Lipinski definition) is 2. The Labute approximate surface area is 112 Å². The van der Waals surface area contributed by atoms with Crippen LogP contribution in [0.15, 0.2) is 0 Å². The highest BCUT2D eigenvalue weighted by atomic mass is 16.4. The molecule has 1 saturated carbocycles. The van der Waals surface area contributed by atoms with Gasteiger partial charge in [0.15, 0.2) is 0 Å². The standard InChI is InChI=1S/C12H21N3O4/c1-3-14(4-2)10(16)7-13-12(19)15(8-11(17)18)9-5-6-9/h9H,3-8H2,1-2H3,(H,13,19)(H,17,18). The van der Waals surface area contributed by atoms with Crippen LogP contribution in [0.2, 0.25) is 0 Å². The van der Waals surface area contributed by atoms with E-state index in [2.05, 4.69) is 5.32 Å². The van der Waals surface area contributed by atoms with E-state index in [9.17, 15) is 14.4 Å². The Bertz CT molecular complexity index is 351. The van der Waals surface area contributed by atoms with Crippen molar-refractivity contribution in [3.63, 3.8) is 0 Å². The number of nitrogens with zero attached hydrogens (tertiary/aromatic N) is 2. The summed E-state index contributed by atoms with van der Waals surface area (Å²) in [5, 5.41) is 11.2. The number of hydrogen-bond acceptors (Lipinski definition) is 3. The minimum absolute atomic E-state index is 0.000319. The predicted octanol–water partition coefficient (Wildman–Crippen LogP) is 0.113. The topological polar surface area (TPSA) is 90.0 Å². The molecule has 0 heterocycles. The van der Waals surface area contributed by atoms with Gasteiger partial charge in [-0.15, -0.1) is 0 Å². The van der Waals surface area contributed by atoms with Gasteiger partial charge in [0.1, 0.15) is 6.54 Å². The van der Waals surface area contributed by atoms with Crippen LogP contribution in [0.25, 0.3) is 0 Å². The first-order valence-corrected chi connectivity index (χ1v) is 6.53. The molecular formula is C12H21N3O4. The van der Waals surface area contributed by atoms with Crippen molar-refractivity contribution >= 4 is 17.9 Å². The van der Waals surface area contributed by atoms with Crippen molar-refractivity contribution in [3.05, 3.63) is 0 Å². The van der Waals surface area contributed by atoms with Gasteiger partial charge in [0.05, 0.1) is 6.54 Å². The Morgan fingerprint density at radius 1 is 1.21 bits per heavy atom. The van der Waals surface area contributed by atoms with Crippen LogP contribution in [0.1, 0.15) is 26.7 Å². The number of nitrogens with one attached hydrogen (secondary N) is 1. The van der Waals surface area contributed by atoms with Gasteiger partial charge in [0.25, 0.3) is 0 Å². The van der Waals surface area contributed by atoms with Crippen molar-refractivity contribution in [2.45, 2.75) is 32.7 Å². The molecule has 2 N–H and O–H groups in total. The van der Waals surface area contributed by atoms with Gasteiger partial charge in [0, 0.05) is 19.1 Å². The Morgan fingerprint density at radius 2 is 1.79 bits per heavy atom. The molecule has 0 saturated heterocycles. The summed E-state index contributed by atoms with van der Waals surface area (Å²) in [7, 11) is 0. The van der Waals surface area contributed by atoms with E-state index in [-0.39, 0.29) is 25.0 Å². The van der Waals surface area contributed by atoms with Gasteiger partial charge in [-0.25, -0.2) is 4.79 Å². The van der Waals surface area contributed by atoms with Crippen LogP contribution in [-0.4, -0.2) is 65.0 Å². The molecule has 0 aromatic rings. The van der Waals surface area contributed by atoms with Crippen LogP contribution in [0.5, 0.6) is 0 Å². The molecule has 0 radical (unpaired) electrons. The molecule has 7 heteroatoms. The van der Waals surface area contributed by atoms with E-state index >= 15 is 0 Å². The largest absolute Gasteiger partial charge is 0.480 e. The van der Waals surface area contributed by atoms with E-state index < -0.39 is 12.0 Å². The SMILES string of the molecule is CCN(CC)C(=O)CNC(=O)N(CC(=O)O)C1CC1. The summed E-state index contributed by atoms with van der Waals surface area (Å²) in [5.41, 5.74) is 0. The van der Waals surface area contributed by atoms with Gasteiger partial charge < -0.3 is 20.2 Å². The second-order valence-electron chi connectivity index (χ2n) is 4.48. The van der Waals surface area contributed by atoms with E-state index in [0.29, 0.717) is 13.1 Å². The van der Waals surface area contributed by atoms with Crippen molar-refractivity contribution < 1.29 is 19.5 Å². The highest BCUT2D eigenvalue weighted by Gasteiger charge is 2.34. The lowest BCUT2D eigenvalue weighted by Crippen LogP contribution is -2.47. The molecule has 1 fully saturated rings. The van der Waals surface area contributed by atoms with Gasteiger partial charge in [-0.2, -0.15) is 0 Å². The third-order valence-corrected chi connectivity index (χ3v) is 3.06. The maximum absolute atomic E-state index is 11.8. The first kappa shape index (κ1) is 15.3. The third-order valence-electron chi connectivity index (χ3n) is 3.06. The Morgan fingerprint density at radius 3 is 2.21 bits per heavy atom. The zero-order valence-corrected chi connectivity index (χ0v) is 11.4. The van der Waals surface area contributed by atoms with Crippen molar-refractivity contribution in [1.82, 2.24) is 15.1 Å². The Balaban J connectivity index is 2.44. The zero-order valence-electron chi connectivity index (χ0n) is 11.4. The molecule has 1 aliphatic carbocycles. The predicted molar refractivity (Wildman–Crippen MR) is 68.7 cm³/mol. The van der Waals surface area contributed by atoms with E-state index in [0.717, 1.165) is 12.8 Å². The first-order chi connectivity index (χ1) is 8.99. The lowest BCUT2D eigenvalue weighted by Gasteiger charge is -2.22. The van der Waals surface area contributed by atoms with Gasteiger partial charge in [-0.05, 0) is 26.7 Å². The molecule has 0 aromatic carbocycles. The van der Waals surface area contributed by atoms with Gasteiger partial charge in [-0.1, -0.05) is 0 Å². The smallest absolute Gasteiger partial charge is 0.323 e. The van der Waals surface area contributed by atoms with Gasteiger partial charge >= 0.3 is 12.0 Å². The van der Waals surface area contributed by atoms with E-state index in [1.165, 1.54) is 4.90 Å². The number of aliphatic carboxylic acids is 1. The van der Waals surface area contributed by atoms with Gasteiger partial charge in [-0.3, -0.25) is 9.59 Å². The average Bonchev–Trinajstić information content (AvgIpc) is 3.18. The highest BCUT2D eigenvalue weighted by Crippen LogP contribution is 2.26. The van der Waals surface area contributed by atoms with Crippen LogP contribution in [-0.2, 0) is 9.59 Å². The van der Waals surface area contributed by atoms with Crippen LogP contribution in [0.3, 0.4) is 0 Å². The zero-order chi connectivity index (χ0) is 14.4. The van der Waals surface area contributed by atoms with Gasteiger partial charge in [0.2, 0.25) is 5.91 Å². The number of carboxylic acids is 1. The van der Waals surface area contributed by atoms with E-state index in [1.807, 2.05) is 13.8 Å². The number of carbonyl (C=O) groups excluding carboxylic acids is 2. The summed E-state index contributed by atoms with van der Waals surface area (Å²) in [4.78, 5) is 37.1. The monoisotopic (exact) mass is 271 g/mol. The van der Waals surface area contributed by atoms with E-state index in [4.69, 9.17) is 5.11 Å². The minimum Gasteiger partial charge on any atom is -0.480 e. The maximum atomic E-state index is 11.8. The molecular weight excluding hydrogens is 250 g/mol. The van der Waals surface area contributed by atoms with Crippen molar-refractivity contribution in [2.75, 3.05) is 26.2 Å². The fraction of sp³-hybridized carbons (Fsp3) is 0.750. The number of rotatable bonds is 7. The molecule has 0 aromatic heterocycles. The molecule has 0 atom stereocenters. The van der Waals surface area contributed by atoms with Crippen molar-refractivity contribution in [2.24, 2.45) is 0 Å². The maximum Gasteiger partial charge on any atom is 0.323 e. The molecule has 0 bridgehead atoms. The van der Waals surface area contributed by atoms with Crippen molar-refractivity contribution in [3.8, 4) is 0 Å². The highest BCUT2D eigenvalue weighted by molar-refractivity contribution is 5.86. The van der Waals surface area contributed by atoms with E-state index in [1.54, 1.807) is 4.90 Å². The lowest BCUT2D eigenvalue weighted by molar-refractivity contribution is -0.137. The quantitative estimate of drug-likeness (QED) is 0.688. The molecule has 0 aliphatic heterocycles. The van der Waals surface area contributed by atoms with Crippen LogP contribution in [0.4, 0.5) is 4.79 Å². The summed E-state index contributed by atoms with van der Waals surface area (Å²) in [6, 6.07) is -0.481. The third kappa shape index (κ3) is 4.76. The first-order valence-electron chi connectivity index (χ1n) is 6.53. The number of urea groups is 1.